The predicted octanol–water partition coefficient (Wildman–Crippen LogP) is 3.32. The van der Waals surface area contributed by atoms with E-state index < -0.39 is 5.97 Å². The summed E-state index contributed by atoms with van der Waals surface area (Å²) in [4.78, 5) is 13.0. The zero-order chi connectivity index (χ0) is 16.1. The molecule has 1 aromatic carbocycles. The van der Waals surface area contributed by atoms with E-state index in [2.05, 4.69) is 43.9 Å². The topological polar surface area (TPSA) is 49.8 Å². The van der Waals surface area contributed by atoms with Gasteiger partial charge in [0.15, 0.2) is 0 Å². The Morgan fingerprint density at radius 1 is 1.36 bits per heavy atom. The Hall–Kier alpha value is -1.39. The molecule has 0 saturated carbocycles. The second-order valence-electron chi connectivity index (χ2n) is 6.38. The van der Waals surface area contributed by atoms with Gasteiger partial charge in [-0.2, -0.15) is 0 Å². The highest BCUT2D eigenvalue weighted by Crippen LogP contribution is 2.28. The van der Waals surface area contributed by atoms with Crippen LogP contribution >= 0.6 is 0 Å². The average molecular weight is 305 g/mol. The third kappa shape index (κ3) is 4.55. The molecule has 0 unspecified atom stereocenters. The number of carboxylic acids is 1. The van der Waals surface area contributed by atoms with Gasteiger partial charge in [0.2, 0.25) is 0 Å². The summed E-state index contributed by atoms with van der Waals surface area (Å²) in [6, 6.07) is 6.90. The first kappa shape index (κ1) is 17.0. The van der Waals surface area contributed by atoms with E-state index in [0.717, 1.165) is 32.5 Å². The van der Waals surface area contributed by atoms with Crippen LogP contribution in [0.1, 0.15) is 49.0 Å². The monoisotopic (exact) mass is 305 g/mol. The molecule has 1 saturated heterocycles. The van der Waals surface area contributed by atoms with Gasteiger partial charge < -0.3 is 9.84 Å². The summed E-state index contributed by atoms with van der Waals surface area (Å²) in [7, 11) is 0. The Kier molecular flexibility index (Phi) is 5.98. The third-order valence-electron chi connectivity index (χ3n) is 4.43. The minimum Gasteiger partial charge on any atom is -0.481 e. The molecule has 1 aromatic rings. The van der Waals surface area contributed by atoms with Crippen LogP contribution in [0.2, 0.25) is 0 Å². The van der Waals surface area contributed by atoms with Crippen LogP contribution in [0, 0.1) is 13.8 Å². The fourth-order valence-corrected chi connectivity index (χ4v) is 3.00. The summed E-state index contributed by atoms with van der Waals surface area (Å²) in [5.41, 5.74) is 3.81. The van der Waals surface area contributed by atoms with E-state index in [9.17, 15) is 4.79 Å². The first-order valence-corrected chi connectivity index (χ1v) is 8.12. The molecule has 4 heteroatoms. The number of carbonyl (C=O) groups is 1. The van der Waals surface area contributed by atoms with Crippen LogP contribution in [-0.4, -0.2) is 41.7 Å². The second kappa shape index (κ2) is 7.75. The molecule has 4 nitrogen and oxygen atoms in total. The molecule has 1 fully saturated rings. The molecule has 1 aliphatic rings. The average Bonchev–Trinajstić information content (AvgIpc) is 2.47. The number of morpholine rings is 1. The normalized spacial score (nSPS) is 22.7. The summed E-state index contributed by atoms with van der Waals surface area (Å²) in [6.07, 6.45) is 2.05. The number of aryl methyl sites for hydroxylation is 2. The van der Waals surface area contributed by atoms with Gasteiger partial charge in [-0.15, -0.1) is 0 Å². The Morgan fingerprint density at radius 2 is 2.14 bits per heavy atom. The van der Waals surface area contributed by atoms with Crippen molar-refractivity contribution in [3.63, 3.8) is 0 Å². The van der Waals surface area contributed by atoms with Gasteiger partial charge in [-0.05, 0) is 51.3 Å². The van der Waals surface area contributed by atoms with E-state index in [1.807, 2.05) is 0 Å². The van der Waals surface area contributed by atoms with Gasteiger partial charge in [0.05, 0.1) is 12.7 Å². The first-order chi connectivity index (χ1) is 10.5. The zero-order valence-corrected chi connectivity index (χ0v) is 13.8. The number of nitrogens with zero attached hydrogens (tertiary/aromatic N) is 1. The molecule has 0 spiro atoms. The minimum atomic E-state index is -0.705. The van der Waals surface area contributed by atoms with Crippen molar-refractivity contribution >= 4 is 5.97 Å². The van der Waals surface area contributed by atoms with E-state index >= 15 is 0 Å². The van der Waals surface area contributed by atoms with Gasteiger partial charge in [-0.3, -0.25) is 9.69 Å². The van der Waals surface area contributed by atoms with Gasteiger partial charge in [0, 0.05) is 19.0 Å². The van der Waals surface area contributed by atoms with Crippen molar-refractivity contribution in [1.29, 1.82) is 0 Å². The van der Waals surface area contributed by atoms with Crippen molar-refractivity contribution in [2.75, 3.05) is 19.7 Å². The summed E-state index contributed by atoms with van der Waals surface area (Å²) < 4.78 is 6.05. The number of hydrogen-bond acceptors (Lipinski definition) is 3. The van der Waals surface area contributed by atoms with Crippen LogP contribution in [0.15, 0.2) is 18.2 Å². The van der Waals surface area contributed by atoms with Gasteiger partial charge in [-0.25, -0.2) is 0 Å². The van der Waals surface area contributed by atoms with Gasteiger partial charge in [-0.1, -0.05) is 23.8 Å². The SMILES string of the molecule is Cc1ccc(C)c([C@@H]2CN(CCCCC(=O)O)[C@H](C)CO2)c1. The maximum atomic E-state index is 10.6. The van der Waals surface area contributed by atoms with Crippen molar-refractivity contribution in [3.05, 3.63) is 34.9 Å². The highest BCUT2D eigenvalue weighted by atomic mass is 16.5. The van der Waals surface area contributed by atoms with Crippen LogP contribution in [0.4, 0.5) is 0 Å². The number of hydrogen-bond donors (Lipinski definition) is 1. The number of aliphatic carboxylic acids is 1. The van der Waals surface area contributed by atoms with Crippen LogP contribution in [0.25, 0.3) is 0 Å². The van der Waals surface area contributed by atoms with Crippen molar-refractivity contribution in [3.8, 4) is 0 Å². The molecule has 0 radical (unpaired) electrons. The Labute approximate surface area is 133 Å². The fourth-order valence-electron chi connectivity index (χ4n) is 3.00. The maximum absolute atomic E-state index is 10.6. The van der Waals surface area contributed by atoms with Crippen LogP contribution in [0.5, 0.6) is 0 Å². The number of benzene rings is 1. The molecule has 2 rings (SSSR count). The second-order valence-corrected chi connectivity index (χ2v) is 6.38. The summed E-state index contributed by atoms with van der Waals surface area (Å²) in [5, 5.41) is 8.72. The van der Waals surface area contributed by atoms with Crippen LogP contribution in [-0.2, 0) is 9.53 Å². The van der Waals surface area contributed by atoms with Gasteiger partial charge in [0.1, 0.15) is 0 Å². The quantitative estimate of drug-likeness (QED) is 0.819. The fraction of sp³-hybridized carbons (Fsp3) is 0.611. The molecule has 0 aromatic heterocycles. The number of carboxylic acid groups (broad SMARTS) is 1. The first-order valence-electron chi connectivity index (χ1n) is 8.12. The lowest BCUT2D eigenvalue weighted by molar-refractivity contribution is -0.137. The molecule has 1 aliphatic heterocycles. The summed E-state index contributed by atoms with van der Waals surface area (Å²) in [5.74, 6) is -0.705. The molecule has 0 bridgehead atoms. The van der Waals surface area contributed by atoms with Crippen molar-refractivity contribution < 1.29 is 14.6 Å². The molecule has 1 N–H and O–H groups in total. The molecular weight excluding hydrogens is 278 g/mol. The Balaban J connectivity index is 1.95. The largest absolute Gasteiger partial charge is 0.481 e. The van der Waals surface area contributed by atoms with Gasteiger partial charge >= 0.3 is 5.97 Å². The minimum absolute atomic E-state index is 0.121. The Bertz CT molecular complexity index is 515. The van der Waals surface area contributed by atoms with Crippen molar-refractivity contribution in [2.45, 2.75) is 52.2 Å². The molecule has 0 aliphatic carbocycles. The number of unbranched alkanes of at least 4 members (excludes halogenated alkanes) is 1. The van der Waals surface area contributed by atoms with Gasteiger partial charge in [0.25, 0.3) is 0 Å². The van der Waals surface area contributed by atoms with E-state index in [-0.39, 0.29) is 12.5 Å². The lowest BCUT2D eigenvalue weighted by Crippen LogP contribution is -2.45. The lowest BCUT2D eigenvalue weighted by Gasteiger charge is -2.38. The lowest BCUT2D eigenvalue weighted by atomic mass is 9.98. The summed E-state index contributed by atoms with van der Waals surface area (Å²) >= 11 is 0. The molecule has 22 heavy (non-hydrogen) atoms. The molecular formula is C18H27NO3. The van der Waals surface area contributed by atoms with Crippen LogP contribution in [0.3, 0.4) is 0 Å². The van der Waals surface area contributed by atoms with Crippen molar-refractivity contribution in [1.82, 2.24) is 4.90 Å². The molecule has 2 atom stereocenters. The highest BCUT2D eigenvalue weighted by molar-refractivity contribution is 5.66. The molecule has 0 amide bonds. The van der Waals surface area contributed by atoms with E-state index in [0.29, 0.717) is 6.04 Å². The molecule has 122 valence electrons. The molecule has 1 heterocycles. The highest BCUT2D eigenvalue weighted by Gasteiger charge is 2.27. The van der Waals surface area contributed by atoms with Crippen molar-refractivity contribution in [2.24, 2.45) is 0 Å². The zero-order valence-electron chi connectivity index (χ0n) is 13.8. The predicted molar refractivity (Wildman–Crippen MR) is 87.1 cm³/mol. The Morgan fingerprint density at radius 3 is 2.86 bits per heavy atom. The van der Waals surface area contributed by atoms with E-state index in [1.54, 1.807) is 0 Å². The maximum Gasteiger partial charge on any atom is 0.303 e. The third-order valence-corrected chi connectivity index (χ3v) is 4.43. The standard InChI is InChI=1S/C18H27NO3/c1-13-7-8-14(2)16(10-13)17-11-19(15(3)12-22-17)9-5-4-6-18(20)21/h7-8,10,15,17H,4-6,9,11-12H2,1-3H3,(H,20,21)/t15-,17+/m1/s1. The number of ether oxygens (including phenoxy) is 1. The number of rotatable bonds is 6. The van der Waals surface area contributed by atoms with E-state index in [4.69, 9.17) is 9.84 Å². The smallest absolute Gasteiger partial charge is 0.303 e. The van der Waals surface area contributed by atoms with Crippen LogP contribution < -0.4 is 0 Å². The van der Waals surface area contributed by atoms with E-state index in [1.165, 1.54) is 16.7 Å². The summed E-state index contributed by atoms with van der Waals surface area (Å²) in [6.45, 7) is 8.98.